The van der Waals surface area contributed by atoms with Gasteiger partial charge < -0.3 is 40.7 Å². The smallest absolute Gasteiger partial charge is 0.410 e. The molecule has 0 radical (unpaired) electrons. The van der Waals surface area contributed by atoms with E-state index in [0.717, 1.165) is 6.08 Å². The third-order valence-electron chi connectivity index (χ3n) is 4.53. The summed E-state index contributed by atoms with van der Waals surface area (Å²) < 4.78 is 11.1. The zero-order valence-corrected chi connectivity index (χ0v) is 16.9. The number of carbonyl (C=O) groups excluding carboxylic acids is 1. The number of nitrogens with two attached hydrogens (primary N) is 1. The van der Waals surface area contributed by atoms with Crippen molar-refractivity contribution >= 4 is 18.2 Å². The fourth-order valence-electron chi connectivity index (χ4n) is 3.11. The molecule has 0 aromatic heterocycles. The molecule has 0 aromatic rings. The first-order chi connectivity index (χ1) is 13.7. The number of carboxylic acid groups (broad SMARTS) is 2. The Kier molecular flexibility index (Phi) is 9.69. The molecule has 0 saturated heterocycles. The van der Waals surface area contributed by atoms with E-state index in [1.807, 2.05) is 13.8 Å². The standard InChI is InChI=1S/C18H31N3O8/c1-4-6-21(7-5-2)18(27)29-14(10(3)9-22)15-13(20-17(25)26)11(19)8-12(28-15)16(23)24/h8,10-11,13-15,20,22H,4-7,9,19H2,1-3H3,(H,23,24)(H,25,26)/t10-,11+,13-,14-,15-/m1/s1. The van der Waals surface area contributed by atoms with Gasteiger partial charge in [-0.05, 0) is 18.9 Å². The Balaban J connectivity index is 3.23. The minimum Gasteiger partial charge on any atom is -0.477 e. The molecule has 1 aliphatic heterocycles. The highest BCUT2D eigenvalue weighted by Crippen LogP contribution is 2.26. The van der Waals surface area contributed by atoms with Gasteiger partial charge in [0.15, 0.2) is 6.10 Å². The maximum absolute atomic E-state index is 12.7. The number of carbonyl (C=O) groups is 3. The van der Waals surface area contributed by atoms with Crippen LogP contribution in [-0.2, 0) is 14.3 Å². The molecule has 0 unspecified atom stereocenters. The first kappa shape index (κ1) is 24.5. The Labute approximate surface area is 169 Å². The Morgan fingerprint density at radius 3 is 2.31 bits per heavy atom. The van der Waals surface area contributed by atoms with E-state index in [1.165, 1.54) is 4.90 Å². The van der Waals surface area contributed by atoms with E-state index in [4.69, 9.17) is 20.3 Å². The molecule has 0 fully saturated rings. The lowest BCUT2D eigenvalue weighted by molar-refractivity contribution is -0.142. The third-order valence-corrected chi connectivity index (χ3v) is 4.53. The van der Waals surface area contributed by atoms with Gasteiger partial charge in [0.1, 0.15) is 6.10 Å². The average molecular weight is 417 g/mol. The first-order valence-electron chi connectivity index (χ1n) is 9.59. The molecule has 1 heterocycles. The van der Waals surface area contributed by atoms with Crippen molar-refractivity contribution in [2.45, 2.75) is 57.9 Å². The number of hydrogen-bond donors (Lipinski definition) is 5. The van der Waals surface area contributed by atoms with Crippen LogP contribution in [-0.4, -0.2) is 82.4 Å². The van der Waals surface area contributed by atoms with Crippen LogP contribution in [0.3, 0.4) is 0 Å². The Morgan fingerprint density at radius 2 is 1.86 bits per heavy atom. The van der Waals surface area contributed by atoms with Crippen molar-refractivity contribution in [3.8, 4) is 0 Å². The molecule has 1 rings (SSSR count). The fourth-order valence-corrected chi connectivity index (χ4v) is 3.11. The van der Waals surface area contributed by atoms with Gasteiger partial charge in [-0.25, -0.2) is 14.4 Å². The quantitative estimate of drug-likeness (QED) is 0.341. The van der Waals surface area contributed by atoms with Crippen molar-refractivity contribution in [3.63, 3.8) is 0 Å². The molecule has 1 aliphatic rings. The minimum absolute atomic E-state index is 0.402. The van der Waals surface area contributed by atoms with Gasteiger partial charge >= 0.3 is 18.2 Å². The van der Waals surface area contributed by atoms with Gasteiger partial charge in [0, 0.05) is 25.6 Å². The monoisotopic (exact) mass is 417 g/mol. The number of aliphatic hydroxyl groups is 1. The highest BCUT2D eigenvalue weighted by Gasteiger charge is 2.45. The van der Waals surface area contributed by atoms with Crippen LogP contribution in [0.5, 0.6) is 0 Å². The molecule has 5 atom stereocenters. The number of ether oxygens (including phenoxy) is 2. The number of aliphatic carboxylic acids is 1. The second-order valence-corrected chi connectivity index (χ2v) is 6.97. The predicted molar refractivity (Wildman–Crippen MR) is 102 cm³/mol. The van der Waals surface area contributed by atoms with Crippen LogP contribution in [0.2, 0.25) is 0 Å². The van der Waals surface area contributed by atoms with Crippen LogP contribution in [0.1, 0.15) is 33.6 Å². The lowest BCUT2D eigenvalue weighted by Gasteiger charge is -2.40. The molecule has 0 spiro atoms. The number of rotatable bonds is 10. The summed E-state index contributed by atoms with van der Waals surface area (Å²) in [5.74, 6) is -2.54. The topological polar surface area (TPSA) is 172 Å². The van der Waals surface area contributed by atoms with Crippen LogP contribution in [0.15, 0.2) is 11.8 Å². The second-order valence-electron chi connectivity index (χ2n) is 6.97. The van der Waals surface area contributed by atoms with Gasteiger partial charge in [-0.1, -0.05) is 20.8 Å². The van der Waals surface area contributed by atoms with E-state index < -0.39 is 60.7 Å². The maximum atomic E-state index is 12.7. The van der Waals surface area contributed by atoms with Crippen molar-refractivity contribution < 1.29 is 39.2 Å². The van der Waals surface area contributed by atoms with Crippen molar-refractivity contribution in [2.24, 2.45) is 11.7 Å². The molecule has 11 heteroatoms. The van der Waals surface area contributed by atoms with Crippen molar-refractivity contribution in [1.29, 1.82) is 0 Å². The van der Waals surface area contributed by atoms with Gasteiger partial charge in [0.2, 0.25) is 5.76 Å². The van der Waals surface area contributed by atoms with Gasteiger partial charge in [0.05, 0.1) is 12.1 Å². The Bertz CT molecular complexity index is 606. The van der Waals surface area contributed by atoms with Crippen LogP contribution in [0, 0.1) is 5.92 Å². The summed E-state index contributed by atoms with van der Waals surface area (Å²) in [6.07, 6.45) is -1.95. The van der Waals surface area contributed by atoms with Crippen LogP contribution in [0.4, 0.5) is 9.59 Å². The maximum Gasteiger partial charge on any atom is 0.410 e. The number of amides is 2. The first-order valence-corrected chi connectivity index (χ1v) is 9.59. The average Bonchev–Trinajstić information content (AvgIpc) is 2.66. The summed E-state index contributed by atoms with van der Waals surface area (Å²) in [7, 11) is 0. The Morgan fingerprint density at radius 1 is 1.28 bits per heavy atom. The summed E-state index contributed by atoms with van der Waals surface area (Å²) in [5, 5.41) is 30.3. The molecular formula is C18H31N3O8. The second kappa shape index (κ2) is 11.5. The molecule has 2 amide bonds. The van der Waals surface area contributed by atoms with E-state index in [-0.39, 0.29) is 0 Å². The zero-order valence-electron chi connectivity index (χ0n) is 16.9. The molecule has 0 aromatic carbocycles. The summed E-state index contributed by atoms with van der Waals surface area (Å²) in [5.41, 5.74) is 5.95. The predicted octanol–water partition coefficient (Wildman–Crippen LogP) is 0.573. The highest BCUT2D eigenvalue weighted by atomic mass is 16.6. The zero-order chi connectivity index (χ0) is 22.1. The van der Waals surface area contributed by atoms with E-state index in [1.54, 1.807) is 6.92 Å². The van der Waals surface area contributed by atoms with Gasteiger partial charge in [-0.2, -0.15) is 0 Å². The van der Waals surface area contributed by atoms with E-state index in [9.17, 15) is 24.6 Å². The number of nitrogens with zero attached hydrogens (tertiary/aromatic N) is 1. The molecule has 11 nitrogen and oxygen atoms in total. The lowest BCUT2D eigenvalue weighted by Crippen LogP contribution is -2.62. The molecule has 29 heavy (non-hydrogen) atoms. The molecule has 0 aliphatic carbocycles. The summed E-state index contributed by atoms with van der Waals surface area (Å²) in [6.45, 7) is 5.89. The largest absolute Gasteiger partial charge is 0.477 e. The van der Waals surface area contributed by atoms with E-state index >= 15 is 0 Å². The summed E-state index contributed by atoms with van der Waals surface area (Å²) in [6, 6.07) is -2.13. The van der Waals surface area contributed by atoms with Crippen molar-refractivity contribution in [2.75, 3.05) is 19.7 Å². The number of aliphatic hydroxyl groups excluding tert-OH is 1. The van der Waals surface area contributed by atoms with E-state index in [2.05, 4.69) is 5.32 Å². The number of nitrogens with one attached hydrogen (secondary N) is 1. The molecule has 6 N–H and O–H groups in total. The normalized spacial score (nSPS) is 23.2. The van der Waals surface area contributed by atoms with Crippen LogP contribution < -0.4 is 11.1 Å². The van der Waals surface area contributed by atoms with Gasteiger partial charge in [0.25, 0.3) is 0 Å². The molecule has 166 valence electrons. The minimum atomic E-state index is -1.40. The fraction of sp³-hybridized carbons (Fsp3) is 0.722. The summed E-state index contributed by atoms with van der Waals surface area (Å²) in [4.78, 5) is 36.8. The molecule has 0 saturated carbocycles. The van der Waals surface area contributed by atoms with Crippen LogP contribution >= 0.6 is 0 Å². The third kappa shape index (κ3) is 6.79. The van der Waals surface area contributed by atoms with Crippen molar-refractivity contribution in [1.82, 2.24) is 10.2 Å². The summed E-state index contributed by atoms with van der Waals surface area (Å²) >= 11 is 0. The molecule has 0 bridgehead atoms. The van der Waals surface area contributed by atoms with Crippen molar-refractivity contribution in [3.05, 3.63) is 11.8 Å². The Hall–Kier alpha value is -2.53. The molecular weight excluding hydrogens is 386 g/mol. The van der Waals surface area contributed by atoms with Gasteiger partial charge in [-0.3, -0.25) is 0 Å². The van der Waals surface area contributed by atoms with Crippen LogP contribution in [0.25, 0.3) is 0 Å². The van der Waals surface area contributed by atoms with E-state index in [0.29, 0.717) is 25.9 Å². The highest BCUT2D eigenvalue weighted by molar-refractivity contribution is 5.84. The SMILES string of the molecule is CCCN(CCC)C(=O)O[C@@H]([C@@H]1OC(C(=O)O)=C[C@H](N)[C@H]1NC(=O)O)[C@H](C)CO. The number of hydrogen-bond acceptors (Lipinski definition) is 7. The number of carboxylic acids is 1. The lowest BCUT2D eigenvalue weighted by atomic mass is 9.89. The van der Waals surface area contributed by atoms with Gasteiger partial charge in [-0.15, -0.1) is 0 Å².